The molecule has 2 aromatic rings. The van der Waals surface area contributed by atoms with Gasteiger partial charge in [0.05, 0.1) is 17.9 Å². The Morgan fingerprint density at radius 3 is 2.95 bits per heavy atom. The smallest absolute Gasteiger partial charge is 0.176 e. The summed E-state index contributed by atoms with van der Waals surface area (Å²) in [7, 11) is 0. The molecule has 1 fully saturated rings. The molecule has 5 heteroatoms. The molecular weight excluding hydrogens is 270 g/mol. The Kier molecular flexibility index (Phi) is 4.22. The quantitative estimate of drug-likeness (QED) is 0.934. The minimum atomic E-state index is -0.162. The van der Waals surface area contributed by atoms with Crippen molar-refractivity contribution in [3.8, 4) is 17.1 Å². The lowest BCUT2D eigenvalue weighted by atomic mass is 10.1. The van der Waals surface area contributed by atoms with Crippen LogP contribution in [0.15, 0.2) is 28.8 Å². The van der Waals surface area contributed by atoms with E-state index in [1.807, 2.05) is 13.0 Å². The zero-order valence-corrected chi connectivity index (χ0v) is 12.0. The molecule has 21 heavy (non-hydrogen) atoms. The SMILES string of the molecule is Cc1noc(-c2ccccc2O)c1COC1CCCCO1. The van der Waals surface area contributed by atoms with Gasteiger partial charge < -0.3 is 19.1 Å². The van der Waals surface area contributed by atoms with Crippen molar-refractivity contribution in [2.45, 2.75) is 39.1 Å². The van der Waals surface area contributed by atoms with Gasteiger partial charge >= 0.3 is 0 Å². The van der Waals surface area contributed by atoms with Gasteiger partial charge in [0.25, 0.3) is 0 Å². The number of para-hydroxylation sites is 1. The fourth-order valence-corrected chi connectivity index (χ4v) is 2.45. The summed E-state index contributed by atoms with van der Waals surface area (Å²) in [6.45, 7) is 2.98. The van der Waals surface area contributed by atoms with E-state index in [1.165, 1.54) is 0 Å². The number of phenols is 1. The number of nitrogens with zero attached hydrogens (tertiary/aromatic N) is 1. The highest BCUT2D eigenvalue weighted by Crippen LogP contribution is 2.33. The van der Waals surface area contributed by atoms with Gasteiger partial charge in [-0.05, 0) is 38.3 Å². The molecule has 1 saturated heterocycles. The first-order valence-corrected chi connectivity index (χ1v) is 7.22. The van der Waals surface area contributed by atoms with E-state index < -0.39 is 0 Å². The number of phenolic OH excluding ortho intramolecular Hbond substituents is 1. The van der Waals surface area contributed by atoms with E-state index in [-0.39, 0.29) is 12.0 Å². The van der Waals surface area contributed by atoms with Crippen LogP contribution in [0.3, 0.4) is 0 Å². The molecule has 3 rings (SSSR count). The maximum atomic E-state index is 9.96. The Hall–Kier alpha value is -1.85. The van der Waals surface area contributed by atoms with Gasteiger partial charge in [0.2, 0.25) is 0 Å². The fraction of sp³-hybridized carbons (Fsp3) is 0.438. The molecule has 1 aliphatic rings. The first kappa shape index (κ1) is 14.1. The maximum absolute atomic E-state index is 9.96. The fourth-order valence-electron chi connectivity index (χ4n) is 2.45. The van der Waals surface area contributed by atoms with E-state index in [4.69, 9.17) is 14.0 Å². The molecule has 112 valence electrons. The number of rotatable bonds is 4. The molecule has 1 aromatic carbocycles. The van der Waals surface area contributed by atoms with Crippen molar-refractivity contribution in [1.82, 2.24) is 5.16 Å². The third-order valence-corrected chi connectivity index (χ3v) is 3.68. The van der Waals surface area contributed by atoms with E-state index in [1.54, 1.807) is 18.2 Å². The summed E-state index contributed by atoms with van der Waals surface area (Å²) in [4.78, 5) is 0. The first-order valence-electron chi connectivity index (χ1n) is 7.22. The first-order chi connectivity index (χ1) is 10.3. The number of aromatic nitrogens is 1. The van der Waals surface area contributed by atoms with Crippen LogP contribution in [-0.4, -0.2) is 23.2 Å². The summed E-state index contributed by atoms with van der Waals surface area (Å²) in [5.41, 5.74) is 2.25. The van der Waals surface area contributed by atoms with E-state index in [0.29, 0.717) is 17.9 Å². The van der Waals surface area contributed by atoms with Crippen LogP contribution in [0.4, 0.5) is 0 Å². The topological polar surface area (TPSA) is 64.7 Å². The summed E-state index contributed by atoms with van der Waals surface area (Å²) < 4.78 is 16.7. The van der Waals surface area contributed by atoms with E-state index >= 15 is 0 Å². The average Bonchev–Trinajstić information content (AvgIpc) is 2.88. The lowest BCUT2D eigenvalue weighted by molar-refractivity contribution is -0.168. The Morgan fingerprint density at radius 1 is 1.33 bits per heavy atom. The summed E-state index contributed by atoms with van der Waals surface area (Å²) in [6.07, 6.45) is 2.97. The summed E-state index contributed by atoms with van der Waals surface area (Å²) in [6, 6.07) is 7.05. The number of aromatic hydroxyl groups is 1. The number of hydrogen-bond acceptors (Lipinski definition) is 5. The van der Waals surface area contributed by atoms with Crippen LogP contribution in [0.25, 0.3) is 11.3 Å². The van der Waals surface area contributed by atoms with Crippen LogP contribution in [0.2, 0.25) is 0 Å². The van der Waals surface area contributed by atoms with E-state index in [9.17, 15) is 5.11 Å². The van der Waals surface area contributed by atoms with Gasteiger partial charge in [0.15, 0.2) is 12.1 Å². The minimum Gasteiger partial charge on any atom is -0.507 e. The molecule has 0 bridgehead atoms. The van der Waals surface area contributed by atoms with Crippen LogP contribution in [0.1, 0.15) is 30.5 Å². The highest BCUT2D eigenvalue weighted by Gasteiger charge is 2.20. The van der Waals surface area contributed by atoms with Crippen LogP contribution in [0, 0.1) is 6.92 Å². The Bertz CT molecular complexity index is 602. The zero-order valence-electron chi connectivity index (χ0n) is 12.0. The van der Waals surface area contributed by atoms with Gasteiger partial charge in [-0.15, -0.1) is 0 Å². The van der Waals surface area contributed by atoms with Gasteiger partial charge in [0.1, 0.15) is 5.75 Å². The van der Waals surface area contributed by atoms with Crippen LogP contribution >= 0.6 is 0 Å². The highest BCUT2D eigenvalue weighted by atomic mass is 16.7. The Labute approximate surface area is 123 Å². The summed E-state index contributed by atoms with van der Waals surface area (Å²) in [5.74, 6) is 0.727. The van der Waals surface area contributed by atoms with Gasteiger partial charge in [0, 0.05) is 12.2 Å². The predicted octanol–water partition coefficient (Wildman–Crippen LogP) is 3.40. The summed E-state index contributed by atoms with van der Waals surface area (Å²) in [5, 5.41) is 14.0. The van der Waals surface area contributed by atoms with Gasteiger partial charge in [-0.25, -0.2) is 0 Å². The third kappa shape index (κ3) is 3.09. The molecule has 0 spiro atoms. The van der Waals surface area contributed by atoms with Crippen molar-refractivity contribution >= 4 is 0 Å². The number of benzene rings is 1. The average molecular weight is 289 g/mol. The third-order valence-electron chi connectivity index (χ3n) is 3.68. The molecule has 0 aliphatic carbocycles. The molecule has 2 heterocycles. The van der Waals surface area contributed by atoms with Crippen molar-refractivity contribution in [2.75, 3.05) is 6.61 Å². The van der Waals surface area contributed by atoms with Crippen molar-refractivity contribution in [3.63, 3.8) is 0 Å². The largest absolute Gasteiger partial charge is 0.507 e. The van der Waals surface area contributed by atoms with Crippen molar-refractivity contribution < 1.29 is 19.1 Å². The Balaban J connectivity index is 1.79. The predicted molar refractivity (Wildman–Crippen MR) is 76.7 cm³/mol. The lowest BCUT2D eigenvalue weighted by Crippen LogP contribution is -2.22. The molecule has 1 aromatic heterocycles. The van der Waals surface area contributed by atoms with E-state index in [2.05, 4.69) is 5.16 Å². The normalized spacial score (nSPS) is 18.8. The van der Waals surface area contributed by atoms with Gasteiger partial charge in [-0.2, -0.15) is 0 Å². The molecule has 1 N–H and O–H groups in total. The standard InChI is InChI=1S/C16H19NO4/c1-11-13(10-20-15-8-4-5-9-19-15)16(21-17-11)12-6-2-3-7-14(12)18/h2-3,6-7,15,18H,4-5,8-10H2,1H3. The van der Waals surface area contributed by atoms with Crippen molar-refractivity contribution in [2.24, 2.45) is 0 Å². The highest BCUT2D eigenvalue weighted by molar-refractivity contribution is 5.68. The molecule has 0 saturated carbocycles. The van der Waals surface area contributed by atoms with Gasteiger partial charge in [-0.1, -0.05) is 17.3 Å². The van der Waals surface area contributed by atoms with Gasteiger partial charge in [-0.3, -0.25) is 0 Å². The minimum absolute atomic E-state index is 0.162. The molecule has 5 nitrogen and oxygen atoms in total. The Morgan fingerprint density at radius 2 is 2.19 bits per heavy atom. The monoisotopic (exact) mass is 289 g/mol. The second kappa shape index (κ2) is 6.28. The summed E-state index contributed by atoms with van der Waals surface area (Å²) >= 11 is 0. The number of hydrogen-bond donors (Lipinski definition) is 1. The molecule has 1 atom stereocenters. The van der Waals surface area contributed by atoms with E-state index in [0.717, 1.165) is 37.1 Å². The van der Waals surface area contributed by atoms with Crippen molar-refractivity contribution in [3.05, 3.63) is 35.5 Å². The molecule has 1 unspecified atom stereocenters. The molecule has 1 aliphatic heterocycles. The molecule has 0 radical (unpaired) electrons. The van der Waals surface area contributed by atoms with Crippen LogP contribution < -0.4 is 0 Å². The lowest BCUT2D eigenvalue weighted by Gasteiger charge is -2.22. The number of aryl methyl sites for hydroxylation is 1. The second-order valence-electron chi connectivity index (χ2n) is 5.20. The second-order valence-corrected chi connectivity index (χ2v) is 5.20. The van der Waals surface area contributed by atoms with Crippen LogP contribution in [-0.2, 0) is 16.1 Å². The molecule has 0 amide bonds. The number of ether oxygens (including phenoxy) is 2. The molecular formula is C16H19NO4. The van der Waals surface area contributed by atoms with Crippen LogP contribution in [0.5, 0.6) is 5.75 Å². The van der Waals surface area contributed by atoms with Crippen molar-refractivity contribution in [1.29, 1.82) is 0 Å². The zero-order chi connectivity index (χ0) is 14.7. The maximum Gasteiger partial charge on any atom is 0.176 e.